The van der Waals surface area contributed by atoms with Crippen LogP contribution in [0.4, 0.5) is 10.8 Å². The molecule has 26 heavy (non-hydrogen) atoms. The Balaban J connectivity index is 1.85. The van der Waals surface area contributed by atoms with Crippen LogP contribution in [0.3, 0.4) is 0 Å². The summed E-state index contributed by atoms with van der Waals surface area (Å²) < 4.78 is 0. The fourth-order valence-corrected chi connectivity index (χ4v) is 3.96. The van der Waals surface area contributed by atoms with Gasteiger partial charge in [0.2, 0.25) is 5.91 Å². The average Bonchev–Trinajstić information content (AvgIpc) is 3.32. The van der Waals surface area contributed by atoms with E-state index in [9.17, 15) is 4.79 Å². The minimum absolute atomic E-state index is 0.116. The summed E-state index contributed by atoms with van der Waals surface area (Å²) in [6.45, 7) is 11.6. The number of anilines is 2. The molecule has 1 fully saturated rings. The highest BCUT2D eigenvalue weighted by molar-refractivity contribution is 7.13. The van der Waals surface area contributed by atoms with Crippen LogP contribution in [0.2, 0.25) is 0 Å². The van der Waals surface area contributed by atoms with E-state index in [1.807, 2.05) is 37.8 Å². The molecule has 0 spiro atoms. The summed E-state index contributed by atoms with van der Waals surface area (Å²) in [5.41, 5.74) is 2.64. The Morgan fingerprint density at radius 3 is 2.42 bits per heavy atom. The Hall–Kier alpha value is -1.88. The normalized spacial score (nSPS) is 14.3. The second kappa shape index (κ2) is 7.39. The molecular weight excluding hydrogens is 342 g/mol. The number of aromatic nitrogens is 1. The highest BCUT2D eigenvalue weighted by atomic mass is 32.1. The molecule has 0 atom stereocenters. The van der Waals surface area contributed by atoms with Gasteiger partial charge in [-0.3, -0.25) is 4.79 Å². The number of thiazole rings is 1. The van der Waals surface area contributed by atoms with Gasteiger partial charge in [0.05, 0.1) is 12.2 Å². The summed E-state index contributed by atoms with van der Waals surface area (Å²) in [6, 6.07) is 8.81. The van der Waals surface area contributed by atoms with Crippen molar-refractivity contribution in [3.8, 4) is 0 Å². The predicted octanol–water partition coefficient (Wildman–Crippen LogP) is 5.02. The van der Waals surface area contributed by atoms with E-state index in [0.29, 0.717) is 12.6 Å². The number of aryl methyl sites for hydroxylation is 1. The Labute approximate surface area is 160 Å². The number of hydrogen-bond acceptors (Lipinski definition) is 4. The van der Waals surface area contributed by atoms with E-state index in [2.05, 4.69) is 36.3 Å². The first-order valence-electron chi connectivity index (χ1n) is 9.39. The molecule has 0 aliphatic heterocycles. The summed E-state index contributed by atoms with van der Waals surface area (Å²) in [7, 11) is 0. The Kier molecular flexibility index (Phi) is 5.37. The Bertz CT molecular complexity index is 756. The van der Waals surface area contributed by atoms with Gasteiger partial charge in [0, 0.05) is 29.1 Å². The number of carbonyl (C=O) groups is 1. The lowest BCUT2D eigenvalue weighted by Crippen LogP contribution is -2.39. The molecule has 5 heteroatoms. The van der Waals surface area contributed by atoms with Crippen LogP contribution in [0.15, 0.2) is 29.6 Å². The van der Waals surface area contributed by atoms with Crippen molar-refractivity contribution in [2.24, 2.45) is 5.41 Å². The van der Waals surface area contributed by atoms with Crippen molar-refractivity contribution < 1.29 is 4.79 Å². The highest BCUT2D eigenvalue weighted by Crippen LogP contribution is 2.34. The van der Waals surface area contributed by atoms with Gasteiger partial charge in [0.15, 0.2) is 5.13 Å². The summed E-state index contributed by atoms with van der Waals surface area (Å²) in [6.07, 6.45) is 2.53. The van der Waals surface area contributed by atoms with Crippen molar-refractivity contribution in [3.63, 3.8) is 0 Å². The largest absolute Gasteiger partial charge is 0.345 e. The van der Waals surface area contributed by atoms with Crippen molar-refractivity contribution in [1.29, 1.82) is 0 Å². The van der Waals surface area contributed by atoms with Gasteiger partial charge in [-0.15, -0.1) is 11.3 Å². The van der Waals surface area contributed by atoms with Crippen LogP contribution in [-0.2, 0) is 11.3 Å². The van der Waals surface area contributed by atoms with Gasteiger partial charge >= 0.3 is 0 Å². The first-order valence-corrected chi connectivity index (χ1v) is 10.3. The van der Waals surface area contributed by atoms with Gasteiger partial charge in [0.1, 0.15) is 0 Å². The monoisotopic (exact) mass is 371 g/mol. The van der Waals surface area contributed by atoms with Crippen LogP contribution in [0, 0.1) is 12.3 Å². The fraction of sp³-hybridized carbons (Fsp3) is 0.524. The molecule has 140 valence electrons. The second-order valence-electron chi connectivity index (χ2n) is 8.12. The molecule has 0 N–H and O–H groups in total. The van der Waals surface area contributed by atoms with E-state index >= 15 is 0 Å². The third kappa shape index (κ3) is 4.26. The van der Waals surface area contributed by atoms with Gasteiger partial charge in [0.25, 0.3) is 0 Å². The summed E-state index contributed by atoms with van der Waals surface area (Å²) in [5, 5.41) is 3.18. The van der Waals surface area contributed by atoms with E-state index in [4.69, 9.17) is 4.98 Å². The van der Waals surface area contributed by atoms with Crippen LogP contribution < -0.4 is 9.80 Å². The molecule has 1 heterocycles. The maximum atomic E-state index is 13.1. The van der Waals surface area contributed by atoms with E-state index < -0.39 is 5.41 Å². The SMILES string of the molecule is CCN(c1nc(CN(C(=O)C(C)(C)C)c2ccc(C)cc2)cs1)C1CC1. The number of rotatable bonds is 6. The maximum Gasteiger partial charge on any atom is 0.232 e. The van der Waals surface area contributed by atoms with Crippen molar-refractivity contribution in [2.45, 2.75) is 60.0 Å². The number of amides is 1. The minimum atomic E-state index is -0.437. The zero-order valence-electron chi connectivity index (χ0n) is 16.5. The molecule has 1 aromatic carbocycles. The number of hydrogen-bond donors (Lipinski definition) is 0. The molecular formula is C21H29N3OS. The summed E-state index contributed by atoms with van der Waals surface area (Å²) in [5.74, 6) is 0.116. The van der Waals surface area contributed by atoms with Crippen molar-refractivity contribution in [1.82, 2.24) is 4.98 Å². The first-order chi connectivity index (χ1) is 12.3. The molecule has 0 unspecified atom stereocenters. The topological polar surface area (TPSA) is 36.4 Å². The third-order valence-electron chi connectivity index (χ3n) is 4.67. The van der Waals surface area contributed by atoms with Crippen LogP contribution >= 0.6 is 11.3 Å². The van der Waals surface area contributed by atoms with Crippen molar-refractivity contribution in [3.05, 3.63) is 40.9 Å². The molecule has 1 aromatic heterocycles. The number of nitrogens with zero attached hydrogens (tertiary/aromatic N) is 3. The van der Waals surface area contributed by atoms with Crippen LogP contribution in [-0.4, -0.2) is 23.5 Å². The summed E-state index contributed by atoms with van der Waals surface area (Å²) >= 11 is 1.69. The number of benzene rings is 1. The first kappa shape index (κ1) is 18.9. The molecule has 0 radical (unpaired) electrons. The van der Waals surface area contributed by atoms with E-state index in [0.717, 1.165) is 23.1 Å². The van der Waals surface area contributed by atoms with Gasteiger partial charge in [-0.05, 0) is 38.8 Å². The molecule has 1 aliphatic carbocycles. The lowest BCUT2D eigenvalue weighted by molar-refractivity contribution is -0.125. The predicted molar refractivity (Wildman–Crippen MR) is 110 cm³/mol. The minimum Gasteiger partial charge on any atom is -0.345 e. The zero-order chi connectivity index (χ0) is 18.9. The smallest absolute Gasteiger partial charge is 0.232 e. The Morgan fingerprint density at radius 2 is 1.88 bits per heavy atom. The molecule has 0 bridgehead atoms. The highest BCUT2D eigenvalue weighted by Gasteiger charge is 2.31. The van der Waals surface area contributed by atoms with Crippen LogP contribution in [0.25, 0.3) is 0 Å². The molecule has 3 rings (SSSR count). The second-order valence-corrected chi connectivity index (χ2v) is 8.95. The molecule has 1 saturated carbocycles. The molecule has 4 nitrogen and oxygen atoms in total. The van der Waals surface area contributed by atoms with E-state index in [1.165, 1.54) is 18.4 Å². The quantitative estimate of drug-likeness (QED) is 0.715. The van der Waals surface area contributed by atoms with Gasteiger partial charge < -0.3 is 9.80 Å². The number of carbonyl (C=O) groups excluding carboxylic acids is 1. The van der Waals surface area contributed by atoms with Crippen LogP contribution in [0.1, 0.15) is 51.8 Å². The molecule has 2 aromatic rings. The van der Waals surface area contributed by atoms with Gasteiger partial charge in [-0.25, -0.2) is 4.98 Å². The summed E-state index contributed by atoms with van der Waals surface area (Å²) in [4.78, 5) is 22.2. The Morgan fingerprint density at radius 1 is 1.23 bits per heavy atom. The van der Waals surface area contributed by atoms with Gasteiger partial charge in [-0.1, -0.05) is 38.5 Å². The molecule has 0 saturated heterocycles. The van der Waals surface area contributed by atoms with Crippen molar-refractivity contribution >= 4 is 28.1 Å². The lowest BCUT2D eigenvalue weighted by atomic mass is 9.94. The zero-order valence-corrected chi connectivity index (χ0v) is 17.3. The molecule has 1 aliphatic rings. The lowest BCUT2D eigenvalue weighted by Gasteiger charge is -2.29. The third-order valence-corrected chi connectivity index (χ3v) is 5.59. The van der Waals surface area contributed by atoms with E-state index in [-0.39, 0.29) is 5.91 Å². The van der Waals surface area contributed by atoms with Crippen LogP contribution in [0.5, 0.6) is 0 Å². The maximum absolute atomic E-state index is 13.1. The van der Waals surface area contributed by atoms with Gasteiger partial charge in [-0.2, -0.15) is 0 Å². The van der Waals surface area contributed by atoms with E-state index in [1.54, 1.807) is 11.3 Å². The van der Waals surface area contributed by atoms with Crippen molar-refractivity contribution in [2.75, 3.05) is 16.3 Å². The standard InChI is InChI=1S/C21H29N3OS/c1-6-23(17-11-12-17)20-22-16(14-26-20)13-24(19(25)21(3,4)5)18-9-7-15(2)8-10-18/h7-10,14,17H,6,11-13H2,1-5H3. The average molecular weight is 372 g/mol. The molecule has 1 amide bonds. The fourth-order valence-electron chi connectivity index (χ4n) is 3.01.